The Morgan fingerprint density at radius 2 is 1.83 bits per heavy atom. The van der Waals surface area contributed by atoms with E-state index in [4.69, 9.17) is 16.6 Å². The smallest absolute Gasteiger partial charge is 0.251 e. The highest BCUT2D eigenvalue weighted by Gasteiger charge is 2.19. The summed E-state index contributed by atoms with van der Waals surface area (Å²) in [5.41, 5.74) is 4.96. The van der Waals surface area contributed by atoms with Gasteiger partial charge in [-0.3, -0.25) is 4.79 Å². The number of imidazole rings is 1. The number of aryl methyl sites for hydroxylation is 1. The van der Waals surface area contributed by atoms with Gasteiger partial charge in [0, 0.05) is 17.1 Å². The van der Waals surface area contributed by atoms with E-state index in [1.54, 1.807) is 24.3 Å². The zero-order chi connectivity index (χ0) is 20.4. The monoisotopic (exact) mass is 403 g/mol. The molecule has 4 nitrogen and oxygen atoms in total. The molecule has 1 heterocycles. The molecule has 0 bridgehead atoms. The van der Waals surface area contributed by atoms with Crippen molar-refractivity contribution in [3.8, 4) is 0 Å². The Kier molecular flexibility index (Phi) is 5.36. The summed E-state index contributed by atoms with van der Waals surface area (Å²) in [5, 5.41) is 3.60. The number of hydrogen-bond donors (Lipinski definition) is 1. The molecule has 0 saturated heterocycles. The summed E-state index contributed by atoms with van der Waals surface area (Å²) in [6, 6.07) is 23.1. The molecule has 0 aliphatic rings. The van der Waals surface area contributed by atoms with Crippen LogP contribution in [0.4, 0.5) is 0 Å². The van der Waals surface area contributed by atoms with E-state index in [9.17, 15) is 4.79 Å². The topological polar surface area (TPSA) is 46.9 Å². The number of fused-ring (bicyclic) bond motifs is 1. The van der Waals surface area contributed by atoms with E-state index in [0.717, 1.165) is 16.9 Å². The predicted octanol–water partition coefficient (Wildman–Crippen LogP) is 5.54. The maximum Gasteiger partial charge on any atom is 0.251 e. The zero-order valence-electron chi connectivity index (χ0n) is 16.4. The fourth-order valence-electron chi connectivity index (χ4n) is 3.52. The average Bonchev–Trinajstić information content (AvgIpc) is 3.08. The van der Waals surface area contributed by atoms with Gasteiger partial charge in [-0.05, 0) is 55.3 Å². The molecule has 0 radical (unpaired) electrons. The first-order valence-electron chi connectivity index (χ1n) is 9.59. The fourth-order valence-corrected chi connectivity index (χ4v) is 3.71. The molecule has 1 unspecified atom stereocenters. The summed E-state index contributed by atoms with van der Waals surface area (Å²) >= 11 is 6.03. The van der Waals surface area contributed by atoms with Crippen LogP contribution in [0.15, 0.2) is 72.8 Å². The number of rotatable bonds is 5. The Bertz CT molecular complexity index is 1180. The van der Waals surface area contributed by atoms with E-state index in [-0.39, 0.29) is 11.9 Å². The van der Waals surface area contributed by atoms with Crippen molar-refractivity contribution < 1.29 is 4.79 Å². The van der Waals surface area contributed by atoms with Crippen molar-refractivity contribution in [3.05, 3.63) is 100 Å². The molecule has 4 rings (SSSR count). The van der Waals surface area contributed by atoms with Crippen LogP contribution >= 0.6 is 11.6 Å². The van der Waals surface area contributed by atoms with Gasteiger partial charge in [-0.2, -0.15) is 0 Å². The fraction of sp³-hybridized carbons (Fsp3) is 0.167. The minimum Gasteiger partial charge on any atom is -0.342 e. The van der Waals surface area contributed by atoms with Crippen LogP contribution in [-0.2, 0) is 6.54 Å². The van der Waals surface area contributed by atoms with Crippen molar-refractivity contribution >= 4 is 28.5 Å². The first-order valence-corrected chi connectivity index (χ1v) is 9.97. The maximum atomic E-state index is 12.7. The summed E-state index contributed by atoms with van der Waals surface area (Å²) in [6.45, 7) is 4.76. The number of halogens is 1. The Morgan fingerprint density at radius 3 is 2.62 bits per heavy atom. The van der Waals surface area contributed by atoms with E-state index in [1.165, 1.54) is 11.1 Å². The van der Waals surface area contributed by atoms with Gasteiger partial charge in [0.25, 0.3) is 5.91 Å². The number of aromatic nitrogens is 2. The number of nitrogens with one attached hydrogen (secondary N) is 1. The van der Waals surface area contributed by atoms with Crippen LogP contribution in [0.3, 0.4) is 0 Å². The SMILES string of the molecule is Cc1ccccc1Cn1c(C(C)NC(=O)c2cccc(Cl)c2)nc2ccccc21. The highest BCUT2D eigenvalue weighted by molar-refractivity contribution is 6.30. The van der Waals surface area contributed by atoms with Crippen molar-refractivity contribution in [2.75, 3.05) is 0 Å². The largest absolute Gasteiger partial charge is 0.342 e. The molecule has 3 aromatic carbocycles. The molecule has 146 valence electrons. The molecule has 4 aromatic rings. The lowest BCUT2D eigenvalue weighted by molar-refractivity contribution is 0.0937. The van der Waals surface area contributed by atoms with Crippen LogP contribution in [0.5, 0.6) is 0 Å². The van der Waals surface area contributed by atoms with Crippen molar-refractivity contribution in [1.29, 1.82) is 0 Å². The normalized spacial score (nSPS) is 12.1. The predicted molar refractivity (Wildman–Crippen MR) is 117 cm³/mol. The molecule has 0 spiro atoms. The number of carbonyl (C=O) groups excluding carboxylic acids is 1. The number of amides is 1. The lowest BCUT2D eigenvalue weighted by Crippen LogP contribution is -2.28. The van der Waals surface area contributed by atoms with Crippen LogP contribution < -0.4 is 5.32 Å². The minimum absolute atomic E-state index is 0.172. The zero-order valence-corrected chi connectivity index (χ0v) is 17.1. The van der Waals surface area contributed by atoms with Crippen molar-refractivity contribution in [3.63, 3.8) is 0 Å². The molecule has 29 heavy (non-hydrogen) atoms. The van der Waals surface area contributed by atoms with Gasteiger partial charge in [-0.1, -0.05) is 54.1 Å². The summed E-state index contributed by atoms with van der Waals surface area (Å²) in [4.78, 5) is 17.5. The third-order valence-corrected chi connectivity index (χ3v) is 5.33. The van der Waals surface area contributed by atoms with E-state index in [2.05, 4.69) is 35.0 Å². The standard InChI is InChI=1S/C24H22ClN3O/c1-16-8-3-4-9-19(16)15-28-22-13-6-5-12-21(22)27-23(28)17(2)26-24(29)18-10-7-11-20(25)14-18/h3-14,17H,15H2,1-2H3,(H,26,29). The van der Waals surface area contributed by atoms with E-state index in [0.29, 0.717) is 17.1 Å². The average molecular weight is 404 g/mol. The van der Waals surface area contributed by atoms with Crippen molar-refractivity contribution in [2.24, 2.45) is 0 Å². The Hall–Kier alpha value is -3.11. The number of carbonyl (C=O) groups is 1. The van der Waals surface area contributed by atoms with Gasteiger partial charge in [0.05, 0.1) is 17.1 Å². The molecule has 1 atom stereocenters. The first-order chi connectivity index (χ1) is 14.0. The van der Waals surface area contributed by atoms with Gasteiger partial charge in [0.1, 0.15) is 5.82 Å². The van der Waals surface area contributed by atoms with Gasteiger partial charge in [0.15, 0.2) is 0 Å². The van der Waals surface area contributed by atoms with Gasteiger partial charge in [-0.25, -0.2) is 4.98 Å². The molecule has 0 saturated carbocycles. The van der Waals surface area contributed by atoms with E-state index in [1.807, 2.05) is 37.3 Å². The number of para-hydroxylation sites is 2. The first kappa shape index (κ1) is 19.2. The molecule has 0 fully saturated rings. The van der Waals surface area contributed by atoms with Crippen molar-refractivity contribution in [1.82, 2.24) is 14.9 Å². The highest BCUT2D eigenvalue weighted by Crippen LogP contribution is 2.23. The van der Waals surface area contributed by atoms with E-state index < -0.39 is 0 Å². The Morgan fingerprint density at radius 1 is 1.07 bits per heavy atom. The van der Waals surface area contributed by atoms with Gasteiger partial charge in [-0.15, -0.1) is 0 Å². The van der Waals surface area contributed by atoms with Crippen molar-refractivity contribution in [2.45, 2.75) is 26.4 Å². The number of benzene rings is 3. The lowest BCUT2D eigenvalue weighted by Gasteiger charge is -2.17. The minimum atomic E-state index is -0.266. The summed E-state index contributed by atoms with van der Waals surface area (Å²) < 4.78 is 2.18. The molecular formula is C24H22ClN3O. The Labute approximate surface area is 175 Å². The lowest BCUT2D eigenvalue weighted by atomic mass is 10.1. The molecule has 1 aromatic heterocycles. The number of nitrogens with zero attached hydrogens (tertiary/aromatic N) is 2. The molecule has 1 N–H and O–H groups in total. The Balaban J connectivity index is 1.69. The molecule has 0 aliphatic carbocycles. The van der Waals surface area contributed by atoms with Gasteiger partial charge >= 0.3 is 0 Å². The summed E-state index contributed by atoms with van der Waals surface area (Å²) in [6.07, 6.45) is 0. The second-order valence-corrected chi connectivity index (χ2v) is 7.61. The summed E-state index contributed by atoms with van der Waals surface area (Å²) in [7, 11) is 0. The third-order valence-electron chi connectivity index (χ3n) is 5.10. The molecule has 0 aliphatic heterocycles. The molecule has 1 amide bonds. The number of hydrogen-bond acceptors (Lipinski definition) is 2. The van der Waals surface area contributed by atoms with Crippen LogP contribution in [0.2, 0.25) is 5.02 Å². The molecule has 5 heteroatoms. The van der Waals surface area contributed by atoms with Crippen LogP contribution in [0.25, 0.3) is 11.0 Å². The van der Waals surface area contributed by atoms with Gasteiger partial charge in [0.2, 0.25) is 0 Å². The molecular weight excluding hydrogens is 382 g/mol. The second kappa shape index (κ2) is 8.10. The quantitative estimate of drug-likeness (QED) is 0.475. The second-order valence-electron chi connectivity index (χ2n) is 7.18. The van der Waals surface area contributed by atoms with E-state index >= 15 is 0 Å². The highest BCUT2D eigenvalue weighted by atomic mass is 35.5. The summed E-state index contributed by atoms with van der Waals surface area (Å²) in [5.74, 6) is 0.652. The maximum absolute atomic E-state index is 12.7. The third kappa shape index (κ3) is 4.03. The van der Waals surface area contributed by atoms with Crippen LogP contribution in [0.1, 0.15) is 40.3 Å². The van der Waals surface area contributed by atoms with Crippen LogP contribution in [-0.4, -0.2) is 15.5 Å². The van der Waals surface area contributed by atoms with Crippen LogP contribution in [0, 0.1) is 6.92 Å². The van der Waals surface area contributed by atoms with Gasteiger partial charge < -0.3 is 9.88 Å².